The van der Waals surface area contributed by atoms with E-state index < -0.39 is 5.60 Å². The second-order valence-corrected chi connectivity index (χ2v) is 4.28. The molecule has 0 amide bonds. The monoisotopic (exact) mass is 191 g/mol. The van der Waals surface area contributed by atoms with Gasteiger partial charge in [-0.2, -0.15) is 0 Å². The van der Waals surface area contributed by atoms with Crippen molar-refractivity contribution >= 4 is 0 Å². The van der Waals surface area contributed by atoms with Crippen molar-refractivity contribution in [1.82, 2.24) is 4.98 Å². The molecule has 2 rings (SSSR count). The van der Waals surface area contributed by atoms with Crippen molar-refractivity contribution in [2.75, 3.05) is 0 Å². The molecule has 76 valence electrons. The second kappa shape index (κ2) is 3.35. The van der Waals surface area contributed by atoms with Gasteiger partial charge in [-0.1, -0.05) is 19.4 Å². The molecule has 2 nitrogen and oxygen atoms in total. The zero-order valence-electron chi connectivity index (χ0n) is 8.83. The van der Waals surface area contributed by atoms with Crippen molar-refractivity contribution in [2.24, 2.45) is 5.92 Å². The molecular formula is C12H17NO. The molecule has 0 spiro atoms. The molecular weight excluding hydrogens is 174 g/mol. The van der Waals surface area contributed by atoms with E-state index in [0.29, 0.717) is 5.92 Å². The van der Waals surface area contributed by atoms with Gasteiger partial charge in [-0.25, -0.2) is 0 Å². The molecule has 0 aliphatic heterocycles. The number of aromatic nitrogens is 1. The number of nitrogens with zero attached hydrogens (tertiary/aromatic N) is 1. The predicted molar refractivity (Wildman–Crippen MR) is 55.9 cm³/mol. The highest BCUT2D eigenvalue weighted by Gasteiger charge is 2.54. The van der Waals surface area contributed by atoms with Gasteiger partial charge in [0.05, 0.1) is 5.69 Å². The number of rotatable bonds is 3. The highest BCUT2D eigenvalue weighted by atomic mass is 16.3. The van der Waals surface area contributed by atoms with Crippen LogP contribution in [0.5, 0.6) is 0 Å². The van der Waals surface area contributed by atoms with Gasteiger partial charge in [-0.05, 0) is 37.8 Å². The third kappa shape index (κ3) is 1.55. The zero-order chi connectivity index (χ0) is 10.2. The summed E-state index contributed by atoms with van der Waals surface area (Å²) in [5, 5.41) is 10.3. The van der Waals surface area contributed by atoms with Crippen LogP contribution in [-0.4, -0.2) is 10.1 Å². The van der Waals surface area contributed by atoms with Gasteiger partial charge >= 0.3 is 0 Å². The first-order valence-corrected chi connectivity index (χ1v) is 5.33. The van der Waals surface area contributed by atoms with Crippen LogP contribution in [0.3, 0.4) is 0 Å². The normalized spacial score (nSPS) is 30.4. The molecule has 1 fully saturated rings. The number of aliphatic hydroxyl groups is 1. The number of hydrogen-bond acceptors (Lipinski definition) is 2. The van der Waals surface area contributed by atoms with Gasteiger partial charge in [0.15, 0.2) is 0 Å². The van der Waals surface area contributed by atoms with E-state index in [1.165, 1.54) is 0 Å². The Kier molecular flexibility index (Phi) is 2.31. The molecule has 2 atom stereocenters. The van der Waals surface area contributed by atoms with Gasteiger partial charge in [-0.3, -0.25) is 4.98 Å². The molecule has 2 heteroatoms. The van der Waals surface area contributed by atoms with Crippen LogP contribution >= 0.6 is 0 Å². The van der Waals surface area contributed by atoms with E-state index in [1.807, 2.05) is 25.1 Å². The molecule has 1 saturated carbocycles. The van der Waals surface area contributed by atoms with Crippen molar-refractivity contribution in [3.63, 3.8) is 0 Å². The lowest BCUT2D eigenvalue weighted by atomic mass is 10.1. The molecule has 1 aromatic heterocycles. The van der Waals surface area contributed by atoms with Gasteiger partial charge in [0, 0.05) is 5.69 Å². The summed E-state index contributed by atoms with van der Waals surface area (Å²) in [7, 11) is 0. The minimum Gasteiger partial charge on any atom is -0.383 e. The van der Waals surface area contributed by atoms with Crippen molar-refractivity contribution in [3.8, 4) is 0 Å². The van der Waals surface area contributed by atoms with Gasteiger partial charge in [0.1, 0.15) is 5.60 Å². The highest BCUT2D eigenvalue weighted by molar-refractivity contribution is 5.24. The number of hydrogen-bond donors (Lipinski definition) is 1. The lowest BCUT2D eigenvalue weighted by Gasteiger charge is -2.09. The van der Waals surface area contributed by atoms with Crippen LogP contribution in [0.2, 0.25) is 0 Å². The van der Waals surface area contributed by atoms with E-state index in [0.717, 1.165) is 30.7 Å². The lowest BCUT2D eigenvalue weighted by Crippen LogP contribution is -2.11. The Labute approximate surface area is 85.0 Å². The van der Waals surface area contributed by atoms with Crippen LogP contribution in [0.1, 0.15) is 37.6 Å². The van der Waals surface area contributed by atoms with E-state index in [-0.39, 0.29) is 0 Å². The molecule has 0 bridgehead atoms. The van der Waals surface area contributed by atoms with Crippen LogP contribution in [0, 0.1) is 12.8 Å². The smallest absolute Gasteiger partial charge is 0.110 e. The molecule has 0 radical (unpaired) electrons. The fourth-order valence-electron chi connectivity index (χ4n) is 2.10. The molecule has 1 aliphatic carbocycles. The fourth-order valence-corrected chi connectivity index (χ4v) is 2.10. The van der Waals surface area contributed by atoms with Gasteiger partial charge in [0.25, 0.3) is 0 Å². The Bertz CT molecular complexity index is 337. The van der Waals surface area contributed by atoms with E-state index in [4.69, 9.17) is 0 Å². The number of aryl methyl sites for hydroxylation is 1. The molecule has 2 unspecified atom stereocenters. The highest BCUT2D eigenvalue weighted by Crippen LogP contribution is 2.53. The van der Waals surface area contributed by atoms with Crippen molar-refractivity contribution in [1.29, 1.82) is 0 Å². The predicted octanol–water partition coefficient (Wildman–Crippen LogP) is 2.40. The van der Waals surface area contributed by atoms with E-state index in [2.05, 4.69) is 11.9 Å². The average molecular weight is 191 g/mol. The summed E-state index contributed by atoms with van der Waals surface area (Å²) in [5.74, 6) is 0.432. The largest absolute Gasteiger partial charge is 0.383 e. The molecule has 0 aromatic carbocycles. The summed E-state index contributed by atoms with van der Waals surface area (Å²) >= 11 is 0. The lowest BCUT2D eigenvalue weighted by molar-refractivity contribution is 0.124. The van der Waals surface area contributed by atoms with Gasteiger partial charge in [-0.15, -0.1) is 0 Å². The Morgan fingerprint density at radius 1 is 1.57 bits per heavy atom. The first-order chi connectivity index (χ1) is 6.66. The maximum Gasteiger partial charge on any atom is 0.110 e. The summed E-state index contributed by atoms with van der Waals surface area (Å²) in [6, 6.07) is 5.86. The van der Waals surface area contributed by atoms with Crippen molar-refractivity contribution in [3.05, 3.63) is 29.6 Å². The molecule has 1 heterocycles. The minimum atomic E-state index is -0.609. The maximum absolute atomic E-state index is 10.3. The maximum atomic E-state index is 10.3. The van der Waals surface area contributed by atoms with E-state index in [9.17, 15) is 5.11 Å². The van der Waals surface area contributed by atoms with E-state index >= 15 is 0 Å². The quantitative estimate of drug-likeness (QED) is 0.795. The van der Waals surface area contributed by atoms with Crippen molar-refractivity contribution < 1.29 is 5.11 Å². The molecule has 14 heavy (non-hydrogen) atoms. The first kappa shape index (κ1) is 9.66. The third-order valence-corrected chi connectivity index (χ3v) is 3.04. The molecule has 0 saturated heterocycles. The summed E-state index contributed by atoms with van der Waals surface area (Å²) in [4.78, 5) is 4.39. The fraction of sp³-hybridized carbons (Fsp3) is 0.583. The van der Waals surface area contributed by atoms with Gasteiger partial charge < -0.3 is 5.11 Å². The summed E-state index contributed by atoms with van der Waals surface area (Å²) in [6.07, 6.45) is 3.13. The SMILES string of the molecule is CCCC1CC1(O)c1cccc(C)n1. The molecule has 1 N–H and O–H groups in total. The van der Waals surface area contributed by atoms with Crippen LogP contribution < -0.4 is 0 Å². The Hall–Kier alpha value is -0.890. The Morgan fingerprint density at radius 2 is 2.36 bits per heavy atom. The second-order valence-electron chi connectivity index (χ2n) is 4.28. The Morgan fingerprint density at radius 3 is 3.00 bits per heavy atom. The summed E-state index contributed by atoms with van der Waals surface area (Å²) < 4.78 is 0. The first-order valence-electron chi connectivity index (χ1n) is 5.33. The van der Waals surface area contributed by atoms with Crippen molar-refractivity contribution in [2.45, 2.75) is 38.7 Å². The minimum absolute atomic E-state index is 0.432. The number of pyridine rings is 1. The van der Waals surface area contributed by atoms with E-state index in [1.54, 1.807) is 0 Å². The van der Waals surface area contributed by atoms with Crippen LogP contribution in [0.25, 0.3) is 0 Å². The van der Waals surface area contributed by atoms with Crippen LogP contribution in [-0.2, 0) is 5.60 Å². The third-order valence-electron chi connectivity index (χ3n) is 3.04. The molecule has 1 aromatic rings. The zero-order valence-corrected chi connectivity index (χ0v) is 8.83. The van der Waals surface area contributed by atoms with Crippen LogP contribution in [0.4, 0.5) is 0 Å². The van der Waals surface area contributed by atoms with Gasteiger partial charge in [0.2, 0.25) is 0 Å². The molecule has 1 aliphatic rings. The average Bonchev–Trinajstić information content (AvgIpc) is 2.79. The summed E-state index contributed by atoms with van der Waals surface area (Å²) in [6.45, 7) is 4.12. The van der Waals surface area contributed by atoms with Crippen LogP contribution in [0.15, 0.2) is 18.2 Å². The Balaban J connectivity index is 2.17. The summed E-state index contributed by atoms with van der Waals surface area (Å²) in [5.41, 5.74) is 1.23. The standard InChI is InChI=1S/C12H17NO/c1-3-5-10-8-12(10,14)11-7-4-6-9(2)13-11/h4,6-7,10,14H,3,5,8H2,1-2H3. The topological polar surface area (TPSA) is 33.1 Å².